The van der Waals surface area contributed by atoms with E-state index in [1.54, 1.807) is 0 Å². The predicted molar refractivity (Wildman–Crippen MR) is 136 cm³/mol. The lowest BCUT2D eigenvalue weighted by Gasteiger charge is -2.30. The van der Waals surface area contributed by atoms with Crippen molar-refractivity contribution in [2.45, 2.75) is 72.6 Å². The molecule has 1 nitrogen and oxygen atoms in total. The lowest BCUT2D eigenvalue weighted by atomic mass is 9.74. The molecular formula is C30H40O. The lowest BCUT2D eigenvalue weighted by molar-refractivity contribution is -0.127. The summed E-state index contributed by atoms with van der Waals surface area (Å²) in [5.74, 6) is 1.37. The fraction of sp³-hybridized carbons (Fsp3) is 0.433. The molecule has 2 aromatic carbocycles. The van der Waals surface area contributed by atoms with Crippen molar-refractivity contribution < 1.29 is 4.79 Å². The van der Waals surface area contributed by atoms with Crippen molar-refractivity contribution in [1.29, 1.82) is 0 Å². The average molecular weight is 417 g/mol. The summed E-state index contributed by atoms with van der Waals surface area (Å²) in [5.41, 5.74) is 3.97. The molecule has 2 aromatic rings. The van der Waals surface area contributed by atoms with Crippen LogP contribution in [-0.2, 0) is 11.2 Å². The van der Waals surface area contributed by atoms with Crippen molar-refractivity contribution in [2.75, 3.05) is 0 Å². The molecule has 1 atom stereocenters. The molecule has 1 aliphatic carbocycles. The van der Waals surface area contributed by atoms with Crippen molar-refractivity contribution in [2.24, 2.45) is 11.8 Å². The van der Waals surface area contributed by atoms with Gasteiger partial charge in [0.2, 0.25) is 0 Å². The number of ketones is 1. The summed E-state index contributed by atoms with van der Waals surface area (Å²) in [7, 11) is 0. The zero-order valence-corrected chi connectivity index (χ0v) is 20.2. The zero-order chi connectivity index (χ0) is 22.8. The van der Waals surface area contributed by atoms with Gasteiger partial charge >= 0.3 is 0 Å². The van der Waals surface area contributed by atoms with Crippen LogP contribution in [0.3, 0.4) is 0 Å². The SMILES string of the molecule is C/C=C\C.C=c1cccc(C2CCC(C(=O)C(C)Cc3cccc(C)c3)CC2)/c1=C\C. The van der Waals surface area contributed by atoms with E-state index in [1.807, 2.05) is 26.0 Å². The molecule has 0 N–H and O–H groups in total. The van der Waals surface area contributed by atoms with Gasteiger partial charge in [-0.25, -0.2) is 0 Å². The number of benzene rings is 2. The molecule has 0 radical (unpaired) electrons. The van der Waals surface area contributed by atoms with Crippen molar-refractivity contribution in [3.63, 3.8) is 0 Å². The Morgan fingerprint density at radius 3 is 2.26 bits per heavy atom. The van der Waals surface area contributed by atoms with Gasteiger partial charge in [0.1, 0.15) is 5.78 Å². The highest BCUT2D eigenvalue weighted by Crippen LogP contribution is 2.36. The van der Waals surface area contributed by atoms with Crippen LogP contribution in [0.5, 0.6) is 0 Å². The summed E-state index contributed by atoms with van der Waals surface area (Å²) in [5, 5.41) is 2.40. The van der Waals surface area contributed by atoms with E-state index in [1.165, 1.54) is 21.9 Å². The van der Waals surface area contributed by atoms with Gasteiger partial charge in [0.25, 0.3) is 0 Å². The molecule has 31 heavy (non-hydrogen) atoms. The van der Waals surface area contributed by atoms with E-state index in [9.17, 15) is 4.79 Å². The number of rotatable bonds is 5. The number of aryl methyl sites for hydroxylation is 1. The third kappa shape index (κ3) is 7.06. The van der Waals surface area contributed by atoms with Crippen LogP contribution in [0.25, 0.3) is 12.7 Å². The largest absolute Gasteiger partial charge is 0.299 e. The van der Waals surface area contributed by atoms with E-state index in [4.69, 9.17) is 0 Å². The van der Waals surface area contributed by atoms with Crippen LogP contribution < -0.4 is 10.4 Å². The minimum Gasteiger partial charge on any atom is -0.299 e. The molecular weight excluding hydrogens is 376 g/mol. The fourth-order valence-electron chi connectivity index (χ4n) is 4.73. The van der Waals surface area contributed by atoms with Gasteiger partial charge in [-0.05, 0) is 87.3 Å². The Labute approximate surface area is 189 Å². The predicted octanol–water partition coefficient (Wildman–Crippen LogP) is 6.51. The van der Waals surface area contributed by atoms with Gasteiger partial charge in [0.15, 0.2) is 0 Å². The quantitative estimate of drug-likeness (QED) is 0.508. The second-order valence-electron chi connectivity index (χ2n) is 8.92. The van der Waals surface area contributed by atoms with E-state index < -0.39 is 0 Å². The Morgan fingerprint density at radius 1 is 1.03 bits per heavy atom. The van der Waals surface area contributed by atoms with Crippen molar-refractivity contribution in [1.82, 2.24) is 0 Å². The fourth-order valence-corrected chi connectivity index (χ4v) is 4.73. The molecule has 0 spiro atoms. The summed E-state index contributed by atoms with van der Waals surface area (Å²) in [4.78, 5) is 13.0. The Balaban J connectivity index is 0.000000785. The highest BCUT2D eigenvalue weighted by molar-refractivity contribution is 5.83. The monoisotopic (exact) mass is 416 g/mol. The minimum absolute atomic E-state index is 0.107. The van der Waals surface area contributed by atoms with Gasteiger partial charge in [0.05, 0.1) is 0 Å². The molecule has 0 saturated heterocycles. The molecule has 0 aromatic heterocycles. The Bertz CT molecular complexity index is 970. The third-order valence-corrected chi connectivity index (χ3v) is 6.53. The van der Waals surface area contributed by atoms with Crippen molar-refractivity contribution >= 4 is 18.4 Å². The standard InChI is InChI=1S/C26H32O.C4H8/c1-5-24-19(3)9-7-11-25(24)22-12-14-23(15-13-22)26(27)20(4)17-21-10-6-8-18(2)16-21;1-3-4-2/h5-11,16,20,22-23H,3,12-15,17H2,1-2,4H3;3-4H,1-2H3/b24-5-;4-3-. The summed E-state index contributed by atoms with van der Waals surface area (Å²) in [6, 6.07) is 15.0. The van der Waals surface area contributed by atoms with Gasteiger partial charge in [0, 0.05) is 11.8 Å². The number of hydrogen-bond donors (Lipinski definition) is 0. The second-order valence-corrected chi connectivity index (χ2v) is 8.92. The maximum atomic E-state index is 13.0. The maximum Gasteiger partial charge on any atom is 0.139 e. The minimum atomic E-state index is 0.107. The van der Waals surface area contributed by atoms with Crippen LogP contribution >= 0.6 is 0 Å². The van der Waals surface area contributed by atoms with Gasteiger partial charge in [-0.2, -0.15) is 0 Å². The first kappa shape index (κ1) is 24.9. The summed E-state index contributed by atoms with van der Waals surface area (Å²) in [6.45, 7) is 14.5. The van der Waals surface area contributed by atoms with E-state index in [2.05, 4.69) is 75.9 Å². The number of hydrogen-bond acceptors (Lipinski definition) is 1. The molecule has 0 bridgehead atoms. The van der Waals surface area contributed by atoms with E-state index in [0.29, 0.717) is 11.7 Å². The topological polar surface area (TPSA) is 17.1 Å². The average Bonchev–Trinajstić information content (AvgIpc) is 2.78. The Morgan fingerprint density at radius 2 is 1.68 bits per heavy atom. The van der Waals surface area contributed by atoms with Crippen molar-refractivity contribution in [3.8, 4) is 0 Å². The maximum absolute atomic E-state index is 13.0. The second kappa shape index (κ2) is 12.4. The molecule has 166 valence electrons. The molecule has 0 amide bonds. The van der Waals surface area contributed by atoms with Gasteiger partial charge in [-0.1, -0.05) is 79.8 Å². The highest BCUT2D eigenvalue weighted by Gasteiger charge is 2.29. The summed E-state index contributed by atoms with van der Waals surface area (Å²) in [6.07, 6.45) is 11.3. The summed E-state index contributed by atoms with van der Waals surface area (Å²) >= 11 is 0. The van der Waals surface area contributed by atoms with Crippen LogP contribution in [0.15, 0.2) is 54.6 Å². The summed E-state index contributed by atoms with van der Waals surface area (Å²) < 4.78 is 0. The van der Waals surface area contributed by atoms with Crippen LogP contribution in [0.1, 0.15) is 76.0 Å². The molecule has 1 unspecified atom stereocenters. The molecule has 1 fully saturated rings. The third-order valence-electron chi connectivity index (χ3n) is 6.53. The number of Topliss-reactive ketones (excluding diaryl/α,β-unsaturated/α-hetero) is 1. The molecule has 0 heterocycles. The Hall–Kier alpha value is -2.41. The molecule has 1 saturated carbocycles. The van der Waals surface area contributed by atoms with E-state index in [0.717, 1.165) is 37.3 Å². The first-order valence-corrected chi connectivity index (χ1v) is 11.8. The van der Waals surface area contributed by atoms with Crippen LogP contribution in [0.4, 0.5) is 0 Å². The van der Waals surface area contributed by atoms with Crippen LogP contribution in [-0.4, -0.2) is 5.78 Å². The van der Waals surface area contributed by atoms with Crippen LogP contribution in [0.2, 0.25) is 0 Å². The normalized spacial score (nSPS) is 20.2. The Kier molecular flexibility index (Phi) is 9.98. The lowest BCUT2D eigenvalue weighted by Crippen LogP contribution is -2.31. The van der Waals surface area contributed by atoms with E-state index in [-0.39, 0.29) is 11.8 Å². The van der Waals surface area contributed by atoms with Gasteiger partial charge in [-0.3, -0.25) is 4.79 Å². The molecule has 3 rings (SSSR count). The number of carbonyl (C=O) groups is 1. The molecule has 0 aliphatic heterocycles. The highest BCUT2D eigenvalue weighted by atomic mass is 16.1. The molecule has 1 heteroatoms. The first-order chi connectivity index (χ1) is 14.9. The van der Waals surface area contributed by atoms with Crippen LogP contribution in [0, 0.1) is 18.8 Å². The van der Waals surface area contributed by atoms with E-state index >= 15 is 0 Å². The first-order valence-electron chi connectivity index (χ1n) is 11.8. The smallest absolute Gasteiger partial charge is 0.139 e. The zero-order valence-electron chi connectivity index (χ0n) is 20.2. The number of allylic oxidation sites excluding steroid dienone is 2. The van der Waals surface area contributed by atoms with Gasteiger partial charge < -0.3 is 0 Å². The van der Waals surface area contributed by atoms with Crippen molar-refractivity contribution in [3.05, 3.63) is 81.7 Å². The number of carbonyl (C=O) groups excluding carboxylic acids is 1. The molecule has 1 aliphatic rings. The van der Waals surface area contributed by atoms with Gasteiger partial charge in [-0.15, -0.1) is 0 Å².